The molecule has 14 heavy (non-hydrogen) atoms. The van der Waals surface area contributed by atoms with Gasteiger partial charge in [0.15, 0.2) is 0 Å². The molecule has 1 N–H and O–H groups in total. The summed E-state index contributed by atoms with van der Waals surface area (Å²) in [6.07, 6.45) is 4.29. The Kier molecular flexibility index (Phi) is 6.65. The van der Waals surface area contributed by atoms with Crippen LogP contribution in [-0.4, -0.2) is 36.8 Å². The van der Waals surface area contributed by atoms with E-state index in [-0.39, 0.29) is 0 Å². The third-order valence-corrected chi connectivity index (χ3v) is 3.68. The monoisotopic (exact) mass is 217 g/mol. The molecule has 2 atom stereocenters. The molecule has 0 saturated carbocycles. The van der Waals surface area contributed by atoms with Gasteiger partial charge < -0.3 is 10.1 Å². The van der Waals surface area contributed by atoms with Crippen molar-refractivity contribution in [2.75, 3.05) is 24.7 Å². The molecule has 0 radical (unpaired) electrons. The van der Waals surface area contributed by atoms with Crippen LogP contribution in [0.15, 0.2) is 0 Å². The van der Waals surface area contributed by atoms with Crippen molar-refractivity contribution >= 4 is 11.8 Å². The van der Waals surface area contributed by atoms with Gasteiger partial charge in [-0.15, -0.1) is 0 Å². The summed E-state index contributed by atoms with van der Waals surface area (Å²) in [4.78, 5) is 0. The molecule has 0 aromatic heterocycles. The lowest BCUT2D eigenvalue weighted by atomic mass is 10.1. The van der Waals surface area contributed by atoms with E-state index in [1.807, 2.05) is 11.8 Å². The second-order valence-electron chi connectivity index (χ2n) is 3.96. The van der Waals surface area contributed by atoms with E-state index in [1.165, 1.54) is 30.8 Å². The number of ether oxygens (including phenoxy) is 1. The first-order valence-electron chi connectivity index (χ1n) is 5.75. The van der Waals surface area contributed by atoms with Crippen LogP contribution >= 0.6 is 11.8 Å². The molecule has 0 aromatic rings. The standard InChI is InChI=1S/C11H23NOS/c1-3-14-9-10(2)12-8-11-6-4-5-7-13-11/h10-12H,3-9H2,1-2H3. The summed E-state index contributed by atoms with van der Waals surface area (Å²) in [5.74, 6) is 2.43. The third kappa shape index (κ3) is 5.23. The van der Waals surface area contributed by atoms with Crippen LogP contribution in [-0.2, 0) is 4.74 Å². The highest BCUT2D eigenvalue weighted by Crippen LogP contribution is 2.12. The fourth-order valence-corrected chi connectivity index (χ4v) is 2.36. The molecule has 1 heterocycles. The van der Waals surface area contributed by atoms with Gasteiger partial charge in [-0.25, -0.2) is 0 Å². The maximum absolute atomic E-state index is 5.66. The Balaban J connectivity index is 2.00. The summed E-state index contributed by atoms with van der Waals surface area (Å²) >= 11 is 2.00. The second kappa shape index (κ2) is 7.55. The molecular formula is C11H23NOS. The van der Waals surface area contributed by atoms with E-state index in [2.05, 4.69) is 19.2 Å². The third-order valence-electron chi connectivity index (χ3n) is 2.54. The predicted molar refractivity (Wildman–Crippen MR) is 64.1 cm³/mol. The van der Waals surface area contributed by atoms with Gasteiger partial charge in [0, 0.05) is 24.9 Å². The summed E-state index contributed by atoms with van der Waals surface area (Å²) in [5.41, 5.74) is 0. The van der Waals surface area contributed by atoms with Gasteiger partial charge in [0.05, 0.1) is 6.10 Å². The summed E-state index contributed by atoms with van der Waals surface area (Å²) < 4.78 is 5.66. The first-order valence-corrected chi connectivity index (χ1v) is 6.91. The van der Waals surface area contributed by atoms with Crippen molar-refractivity contribution in [3.63, 3.8) is 0 Å². The van der Waals surface area contributed by atoms with Gasteiger partial charge in [-0.3, -0.25) is 0 Å². The topological polar surface area (TPSA) is 21.3 Å². The number of hydrogen-bond acceptors (Lipinski definition) is 3. The average molecular weight is 217 g/mol. The lowest BCUT2D eigenvalue weighted by Gasteiger charge is -2.24. The molecule has 0 aliphatic carbocycles. The molecule has 0 spiro atoms. The smallest absolute Gasteiger partial charge is 0.0699 e. The van der Waals surface area contributed by atoms with Crippen LogP contribution in [0.5, 0.6) is 0 Å². The Morgan fingerprint density at radius 2 is 2.36 bits per heavy atom. The minimum Gasteiger partial charge on any atom is -0.377 e. The molecule has 1 saturated heterocycles. The highest BCUT2D eigenvalue weighted by atomic mass is 32.2. The maximum atomic E-state index is 5.66. The highest BCUT2D eigenvalue weighted by Gasteiger charge is 2.14. The fraction of sp³-hybridized carbons (Fsp3) is 1.00. The Labute approximate surface area is 92.2 Å². The molecule has 2 unspecified atom stereocenters. The number of nitrogens with one attached hydrogen (secondary N) is 1. The van der Waals surface area contributed by atoms with Crippen molar-refractivity contribution in [1.29, 1.82) is 0 Å². The zero-order valence-electron chi connectivity index (χ0n) is 9.42. The van der Waals surface area contributed by atoms with Gasteiger partial charge in [-0.2, -0.15) is 11.8 Å². The van der Waals surface area contributed by atoms with Gasteiger partial charge in [-0.1, -0.05) is 6.92 Å². The van der Waals surface area contributed by atoms with Gasteiger partial charge in [0.2, 0.25) is 0 Å². The zero-order valence-corrected chi connectivity index (χ0v) is 10.2. The summed E-state index contributed by atoms with van der Waals surface area (Å²) in [5, 5.41) is 3.54. The second-order valence-corrected chi connectivity index (χ2v) is 5.28. The summed E-state index contributed by atoms with van der Waals surface area (Å²) in [7, 11) is 0. The van der Waals surface area contributed by atoms with E-state index < -0.39 is 0 Å². The number of thioether (sulfide) groups is 1. The van der Waals surface area contributed by atoms with Crippen LogP contribution in [0.1, 0.15) is 33.1 Å². The lowest BCUT2D eigenvalue weighted by molar-refractivity contribution is 0.0160. The molecule has 3 heteroatoms. The SMILES string of the molecule is CCSCC(C)NCC1CCCCO1. The van der Waals surface area contributed by atoms with Crippen molar-refractivity contribution in [2.24, 2.45) is 0 Å². The number of rotatable bonds is 6. The average Bonchev–Trinajstić information content (AvgIpc) is 2.25. The van der Waals surface area contributed by atoms with Crippen molar-refractivity contribution in [2.45, 2.75) is 45.3 Å². The van der Waals surface area contributed by atoms with E-state index in [9.17, 15) is 0 Å². The molecule has 2 nitrogen and oxygen atoms in total. The zero-order chi connectivity index (χ0) is 10.2. The normalized spacial score (nSPS) is 24.9. The Morgan fingerprint density at radius 1 is 1.50 bits per heavy atom. The fourth-order valence-electron chi connectivity index (χ4n) is 1.65. The van der Waals surface area contributed by atoms with Gasteiger partial charge in [-0.05, 0) is 31.9 Å². The quantitative estimate of drug-likeness (QED) is 0.737. The molecular weight excluding hydrogens is 194 g/mol. The molecule has 1 aliphatic heterocycles. The lowest BCUT2D eigenvalue weighted by Crippen LogP contribution is -2.37. The molecule has 0 aromatic carbocycles. The van der Waals surface area contributed by atoms with Gasteiger partial charge in [0.25, 0.3) is 0 Å². The van der Waals surface area contributed by atoms with Crippen molar-refractivity contribution in [3.8, 4) is 0 Å². The minimum absolute atomic E-state index is 0.470. The predicted octanol–water partition coefficient (Wildman–Crippen LogP) is 2.29. The van der Waals surface area contributed by atoms with E-state index in [0.717, 1.165) is 13.2 Å². The van der Waals surface area contributed by atoms with Crippen LogP contribution < -0.4 is 5.32 Å². The molecule has 1 aliphatic rings. The first-order chi connectivity index (χ1) is 6.83. The molecule has 84 valence electrons. The van der Waals surface area contributed by atoms with E-state index in [4.69, 9.17) is 4.74 Å². The largest absolute Gasteiger partial charge is 0.377 e. The highest BCUT2D eigenvalue weighted by molar-refractivity contribution is 7.99. The van der Waals surface area contributed by atoms with Crippen molar-refractivity contribution < 1.29 is 4.74 Å². The van der Waals surface area contributed by atoms with E-state index in [0.29, 0.717) is 12.1 Å². The van der Waals surface area contributed by atoms with E-state index in [1.54, 1.807) is 0 Å². The number of hydrogen-bond donors (Lipinski definition) is 1. The van der Waals surface area contributed by atoms with Crippen molar-refractivity contribution in [1.82, 2.24) is 5.32 Å². The minimum atomic E-state index is 0.470. The molecule has 1 fully saturated rings. The Bertz CT molecular complexity index is 137. The van der Waals surface area contributed by atoms with Gasteiger partial charge >= 0.3 is 0 Å². The Hall–Kier alpha value is 0.270. The Morgan fingerprint density at radius 3 is 3.00 bits per heavy atom. The van der Waals surface area contributed by atoms with Crippen LogP contribution in [0.4, 0.5) is 0 Å². The summed E-state index contributed by atoms with van der Waals surface area (Å²) in [6, 6.07) is 0.616. The van der Waals surface area contributed by atoms with Crippen LogP contribution in [0.25, 0.3) is 0 Å². The summed E-state index contributed by atoms with van der Waals surface area (Å²) in [6.45, 7) is 6.46. The maximum Gasteiger partial charge on any atom is 0.0699 e. The van der Waals surface area contributed by atoms with E-state index >= 15 is 0 Å². The van der Waals surface area contributed by atoms with Crippen LogP contribution in [0, 0.1) is 0 Å². The van der Waals surface area contributed by atoms with Crippen LogP contribution in [0.2, 0.25) is 0 Å². The first kappa shape index (κ1) is 12.3. The molecule has 0 amide bonds. The molecule has 0 bridgehead atoms. The molecule has 1 rings (SSSR count). The van der Waals surface area contributed by atoms with Crippen LogP contribution in [0.3, 0.4) is 0 Å². The van der Waals surface area contributed by atoms with Gasteiger partial charge in [0.1, 0.15) is 0 Å². The van der Waals surface area contributed by atoms with Crippen molar-refractivity contribution in [3.05, 3.63) is 0 Å².